The number of rotatable bonds is 1. The summed E-state index contributed by atoms with van der Waals surface area (Å²) in [4.78, 5) is 0. The quantitative estimate of drug-likeness (QED) is 0.552. The highest BCUT2D eigenvalue weighted by Gasteiger charge is 2.40. The summed E-state index contributed by atoms with van der Waals surface area (Å²) in [6.07, 6.45) is 11.5. The lowest BCUT2D eigenvalue weighted by atomic mass is 9.38. The Morgan fingerprint density at radius 1 is 1.21 bits per heavy atom. The Hall–Kier alpha value is -1.28. The summed E-state index contributed by atoms with van der Waals surface area (Å²) in [5.74, 6) is 2.25. The summed E-state index contributed by atoms with van der Waals surface area (Å²) < 4.78 is 16.8. The van der Waals surface area contributed by atoms with Gasteiger partial charge in [0.1, 0.15) is 5.82 Å². The van der Waals surface area contributed by atoms with Gasteiger partial charge < -0.3 is 4.57 Å². The van der Waals surface area contributed by atoms with Crippen LogP contribution >= 0.6 is 15.9 Å². The summed E-state index contributed by atoms with van der Waals surface area (Å²) in [5.41, 5.74) is 1.48. The molecular formula is C19H21BBrFN2. The first-order valence-electron chi connectivity index (χ1n) is 8.95. The molecule has 1 saturated carbocycles. The highest BCUT2D eigenvalue weighted by molar-refractivity contribution is 9.10. The number of nitriles is 1. The van der Waals surface area contributed by atoms with E-state index in [0.717, 1.165) is 23.5 Å². The highest BCUT2D eigenvalue weighted by atomic mass is 79.9. The van der Waals surface area contributed by atoms with E-state index in [9.17, 15) is 4.39 Å². The Bertz CT molecular complexity index is 792. The molecule has 0 N–H and O–H groups in total. The zero-order valence-corrected chi connectivity index (χ0v) is 15.4. The molecule has 1 aliphatic heterocycles. The van der Waals surface area contributed by atoms with Crippen LogP contribution in [0.3, 0.4) is 0 Å². The van der Waals surface area contributed by atoms with Crippen molar-refractivity contribution in [1.29, 1.82) is 5.26 Å². The van der Waals surface area contributed by atoms with Crippen molar-refractivity contribution in [2.45, 2.75) is 57.2 Å². The van der Waals surface area contributed by atoms with E-state index in [0.29, 0.717) is 15.9 Å². The lowest BCUT2D eigenvalue weighted by Gasteiger charge is -2.44. The maximum atomic E-state index is 13.9. The van der Waals surface area contributed by atoms with Gasteiger partial charge in [0.15, 0.2) is 0 Å². The molecule has 0 unspecified atom stereocenters. The number of nitrogens with zero attached hydrogens (tertiary/aromatic N) is 2. The second kappa shape index (κ2) is 6.22. The molecule has 0 amide bonds. The Kier molecular flexibility index (Phi) is 4.20. The van der Waals surface area contributed by atoms with Crippen LogP contribution in [-0.2, 0) is 0 Å². The van der Waals surface area contributed by atoms with Crippen LogP contribution in [0.25, 0.3) is 10.9 Å². The van der Waals surface area contributed by atoms with Crippen molar-refractivity contribution in [1.82, 2.24) is 4.57 Å². The molecule has 0 bridgehead atoms. The summed E-state index contributed by atoms with van der Waals surface area (Å²) in [6.45, 7) is 0.281. The Labute approximate surface area is 151 Å². The molecule has 1 saturated heterocycles. The summed E-state index contributed by atoms with van der Waals surface area (Å²) >= 11 is 3.27. The monoisotopic (exact) mass is 386 g/mol. The van der Waals surface area contributed by atoms with Crippen LogP contribution in [0.15, 0.2) is 28.9 Å². The molecule has 4 rings (SSSR count). The number of aromatic nitrogens is 1. The molecule has 1 aromatic carbocycles. The zero-order chi connectivity index (χ0) is 16.7. The minimum absolute atomic E-state index is 0.190. The molecule has 2 fully saturated rings. The molecule has 5 heteroatoms. The molecule has 1 spiro atoms. The fourth-order valence-corrected chi connectivity index (χ4v) is 5.18. The fraction of sp³-hybridized carbons (Fsp3) is 0.526. The normalized spacial score (nSPS) is 21.3. The third-order valence-electron chi connectivity index (χ3n) is 6.40. The fourth-order valence-electron chi connectivity index (χ4n) is 4.82. The number of fused-ring (bicyclic) bond motifs is 1. The number of hydrogen-bond donors (Lipinski definition) is 0. The van der Waals surface area contributed by atoms with Crippen molar-refractivity contribution in [3.05, 3.63) is 34.7 Å². The summed E-state index contributed by atoms with van der Waals surface area (Å²) in [7, 11) is 0. The first-order valence-corrected chi connectivity index (χ1v) is 9.75. The van der Waals surface area contributed by atoms with E-state index in [1.807, 2.05) is 6.07 Å². The smallest absolute Gasteiger partial charge is 0.267 e. The van der Waals surface area contributed by atoms with Crippen LogP contribution in [0.1, 0.15) is 44.6 Å². The topological polar surface area (TPSA) is 28.7 Å². The maximum Gasteiger partial charge on any atom is 0.267 e. The molecule has 0 radical (unpaired) electrons. The first-order chi connectivity index (χ1) is 11.6. The highest BCUT2D eigenvalue weighted by Crippen LogP contribution is 2.50. The van der Waals surface area contributed by atoms with Crippen molar-refractivity contribution in [3.63, 3.8) is 0 Å². The van der Waals surface area contributed by atoms with E-state index in [1.165, 1.54) is 38.5 Å². The SMILES string of the molecule is N#CB1CCC2(CC1)CCC(n1ccc3cc(Br)c(F)cc31)CC2. The summed E-state index contributed by atoms with van der Waals surface area (Å²) in [5, 5.41) is 10.2. The number of halogens is 2. The molecule has 2 aliphatic rings. The molecule has 2 nitrogen and oxygen atoms in total. The third-order valence-corrected chi connectivity index (χ3v) is 7.01. The van der Waals surface area contributed by atoms with Gasteiger partial charge in [-0.15, -0.1) is 0 Å². The molecule has 24 heavy (non-hydrogen) atoms. The van der Waals surface area contributed by atoms with Gasteiger partial charge in [-0.3, -0.25) is 0 Å². The lowest BCUT2D eigenvalue weighted by Crippen LogP contribution is -2.34. The van der Waals surface area contributed by atoms with Gasteiger partial charge in [0.2, 0.25) is 0 Å². The maximum absolute atomic E-state index is 13.9. The van der Waals surface area contributed by atoms with Crippen LogP contribution < -0.4 is 0 Å². The largest absolute Gasteiger partial charge is 0.344 e. The van der Waals surface area contributed by atoms with Gasteiger partial charge in [0.05, 0.1) is 9.99 Å². The minimum Gasteiger partial charge on any atom is -0.344 e. The Morgan fingerprint density at radius 3 is 2.58 bits per heavy atom. The Balaban J connectivity index is 1.51. The molecule has 1 aliphatic carbocycles. The van der Waals surface area contributed by atoms with Gasteiger partial charge in [0.25, 0.3) is 6.71 Å². The molecule has 0 atom stereocenters. The van der Waals surface area contributed by atoms with Gasteiger partial charge in [0, 0.05) is 23.6 Å². The lowest BCUT2D eigenvalue weighted by molar-refractivity contribution is 0.134. The van der Waals surface area contributed by atoms with E-state index in [-0.39, 0.29) is 12.5 Å². The molecule has 1 aromatic heterocycles. The van der Waals surface area contributed by atoms with E-state index in [1.54, 1.807) is 6.07 Å². The van der Waals surface area contributed by atoms with Gasteiger partial charge in [-0.25, -0.2) is 9.65 Å². The van der Waals surface area contributed by atoms with Crippen molar-refractivity contribution in [2.24, 2.45) is 5.41 Å². The molecular weight excluding hydrogens is 366 g/mol. The second-order valence-corrected chi connectivity index (χ2v) is 8.54. The van der Waals surface area contributed by atoms with Crippen LogP contribution in [0.2, 0.25) is 12.6 Å². The van der Waals surface area contributed by atoms with Crippen LogP contribution in [0.5, 0.6) is 0 Å². The average molecular weight is 387 g/mol. The standard InChI is InChI=1S/C19H21BBrFN2/c21-16-11-14-3-10-24(18(14)12-17(16)22)15-1-4-19(5-2-15)6-8-20(13-23)9-7-19/h3,10-12,15H,1-2,4-9H2. The predicted octanol–water partition coefficient (Wildman–Crippen LogP) is 6.00. The minimum atomic E-state index is -0.190. The van der Waals surface area contributed by atoms with Crippen molar-refractivity contribution in [3.8, 4) is 5.97 Å². The van der Waals surface area contributed by atoms with Crippen LogP contribution in [0, 0.1) is 22.5 Å². The number of hydrogen-bond acceptors (Lipinski definition) is 1. The summed E-state index contributed by atoms with van der Waals surface area (Å²) in [6, 6.07) is 6.08. The molecule has 2 aromatic rings. The molecule has 124 valence electrons. The van der Waals surface area contributed by atoms with Gasteiger partial charge in [-0.05, 0) is 65.2 Å². The third kappa shape index (κ3) is 2.79. The van der Waals surface area contributed by atoms with Gasteiger partial charge in [-0.2, -0.15) is 0 Å². The number of benzene rings is 1. The first kappa shape index (κ1) is 16.2. The van der Waals surface area contributed by atoms with Gasteiger partial charge >= 0.3 is 0 Å². The predicted molar refractivity (Wildman–Crippen MR) is 99.7 cm³/mol. The Morgan fingerprint density at radius 2 is 1.92 bits per heavy atom. The molecule has 2 heterocycles. The van der Waals surface area contributed by atoms with Crippen molar-refractivity contribution in [2.75, 3.05) is 0 Å². The van der Waals surface area contributed by atoms with E-state index < -0.39 is 0 Å². The van der Waals surface area contributed by atoms with E-state index in [4.69, 9.17) is 5.26 Å². The average Bonchev–Trinajstić information content (AvgIpc) is 2.99. The van der Waals surface area contributed by atoms with Crippen molar-refractivity contribution < 1.29 is 4.39 Å². The van der Waals surface area contributed by atoms with E-state index >= 15 is 0 Å². The zero-order valence-electron chi connectivity index (χ0n) is 13.8. The van der Waals surface area contributed by atoms with Crippen molar-refractivity contribution >= 4 is 33.5 Å². The van der Waals surface area contributed by atoms with Gasteiger partial charge in [-0.1, -0.05) is 25.5 Å². The van der Waals surface area contributed by atoms with E-state index in [2.05, 4.69) is 38.7 Å². The van der Waals surface area contributed by atoms with Crippen LogP contribution in [0.4, 0.5) is 4.39 Å². The van der Waals surface area contributed by atoms with Crippen LogP contribution in [-0.4, -0.2) is 11.3 Å². The second-order valence-electron chi connectivity index (χ2n) is 7.68.